The summed E-state index contributed by atoms with van der Waals surface area (Å²) in [5.41, 5.74) is 0.381. The normalized spacial score (nSPS) is 15.2. The first-order chi connectivity index (χ1) is 11.6. The predicted octanol–water partition coefficient (Wildman–Crippen LogP) is 3.50. The van der Waals surface area contributed by atoms with Crippen LogP contribution < -0.4 is 15.5 Å². The highest BCUT2D eigenvalue weighted by atomic mass is 19.1. The molecule has 0 saturated carbocycles. The fourth-order valence-electron chi connectivity index (χ4n) is 2.67. The van der Waals surface area contributed by atoms with Crippen LogP contribution in [0.2, 0.25) is 0 Å². The predicted molar refractivity (Wildman–Crippen MR) is 91.7 cm³/mol. The summed E-state index contributed by atoms with van der Waals surface area (Å²) in [6.07, 6.45) is 3.70. The highest BCUT2D eigenvalue weighted by molar-refractivity contribution is 5.99. The number of nitrogens with one attached hydrogen (secondary N) is 2. The molecule has 2 heterocycles. The van der Waals surface area contributed by atoms with Gasteiger partial charge in [0.25, 0.3) is 0 Å². The minimum atomic E-state index is -0.475. The van der Waals surface area contributed by atoms with E-state index in [1.54, 1.807) is 12.1 Å². The number of nitrogens with zero attached hydrogens (tertiary/aromatic N) is 3. The maximum atomic E-state index is 13.1. The van der Waals surface area contributed by atoms with Gasteiger partial charge in [0, 0.05) is 24.8 Å². The topological polar surface area (TPSA) is 70.2 Å². The Bertz CT molecular complexity index is 716. The molecule has 0 unspecified atom stereocenters. The molecule has 126 valence electrons. The van der Waals surface area contributed by atoms with Crippen molar-refractivity contribution in [1.82, 2.24) is 9.97 Å². The molecule has 0 radical (unpaired) electrons. The molecule has 24 heavy (non-hydrogen) atoms. The number of aromatic nitrogens is 2. The molecule has 0 bridgehead atoms. The Balaban J connectivity index is 1.63. The quantitative estimate of drug-likeness (QED) is 0.904. The fourth-order valence-corrected chi connectivity index (χ4v) is 2.67. The SMILES string of the molecule is CC1CCN(c2cc(NC(=O)Nc3cccc(F)c3)ncn2)CC1. The molecule has 2 N–H and O–H groups in total. The summed E-state index contributed by atoms with van der Waals surface area (Å²) in [4.78, 5) is 22.5. The number of urea groups is 1. The van der Waals surface area contributed by atoms with Crippen molar-refractivity contribution < 1.29 is 9.18 Å². The zero-order valence-electron chi connectivity index (χ0n) is 13.5. The number of piperidine rings is 1. The van der Waals surface area contributed by atoms with Crippen molar-refractivity contribution in [3.05, 3.63) is 42.5 Å². The van der Waals surface area contributed by atoms with E-state index in [9.17, 15) is 9.18 Å². The van der Waals surface area contributed by atoms with Crippen LogP contribution in [0.25, 0.3) is 0 Å². The number of anilines is 3. The second kappa shape index (κ2) is 7.25. The molecular weight excluding hydrogens is 309 g/mol. The number of amides is 2. The number of rotatable bonds is 3. The Hall–Kier alpha value is -2.70. The molecule has 1 aromatic heterocycles. The lowest BCUT2D eigenvalue weighted by Crippen LogP contribution is -2.33. The van der Waals surface area contributed by atoms with Crippen molar-refractivity contribution in [1.29, 1.82) is 0 Å². The Kier molecular flexibility index (Phi) is 4.88. The third-order valence-electron chi connectivity index (χ3n) is 4.08. The number of hydrogen-bond donors (Lipinski definition) is 2. The van der Waals surface area contributed by atoms with Crippen LogP contribution in [0.15, 0.2) is 36.7 Å². The number of benzene rings is 1. The number of carbonyl (C=O) groups is 1. The van der Waals surface area contributed by atoms with E-state index in [4.69, 9.17) is 0 Å². The Labute approximate surface area is 140 Å². The van der Waals surface area contributed by atoms with Gasteiger partial charge in [-0.1, -0.05) is 13.0 Å². The number of halogens is 1. The van der Waals surface area contributed by atoms with Gasteiger partial charge < -0.3 is 10.2 Å². The first kappa shape index (κ1) is 16.2. The van der Waals surface area contributed by atoms with Crippen molar-refractivity contribution >= 4 is 23.4 Å². The highest BCUT2D eigenvalue weighted by Gasteiger charge is 2.17. The van der Waals surface area contributed by atoms with Crippen molar-refractivity contribution in [3.8, 4) is 0 Å². The summed E-state index contributed by atoms with van der Waals surface area (Å²) in [7, 11) is 0. The molecule has 3 rings (SSSR count). The molecule has 2 amide bonds. The van der Waals surface area contributed by atoms with Crippen molar-refractivity contribution in [2.24, 2.45) is 5.92 Å². The van der Waals surface area contributed by atoms with E-state index in [1.165, 1.54) is 24.5 Å². The van der Waals surface area contributed by atoms with Crippen LogP contribution in [-0.2, 0) is 0 Å². The van der Waals surface area contributed by atoms with E-state index in [0.717, 1.165) is 37.7 Å². The molecule has 6 nitrogen and oxygen atoms in total. The molecule has 2 aromatic rings. The van der Waals surface area contributed by atoms with Crippen LogP contribution >= 0.6 is 0 Å². The monoisotopic (exact) mass is 329 g/mol. The minimum Gasteiger partial charge on any atom is -0.356 e. The van der Waals surface area contributed by atoms with Gasteiger partial charge in [0.2, 0.25) is 0 Å². The van der Waals surface area contributed by atoms with Gasteiger partial charge in [-0.3, -0.25) is 5.32 Å². The van der Waals surface area contributed by atoms with Gasteiger partial charge in [-0.2, -0.15) is 0 Å². The summed E-state index contributed by atoms with van der Waals surface area (Å²) in [6, 6.07) is 6.99. The van der Waals surface area contributed by atoms with Crippen LogP contribution in [0.3, 0.4) is 0 Å². The Morgan fingerprint density at radius 3 is 2.75 bits per heavy atom. The van der Waals surface area contributed by atoms with Crippen molar-refractivity contribution in [2.45, 2.75) is 19.8 Å². The molecular formula is C17H20FN5O. The summed E-state index contributed by atoms with van der Waals surface area (Å²) in [6.45, 7) is 4.15. The molecule has 7 heteroatoms. The third kappa shape index (κ3) is 4.18. The van der Waals surface area contributed by atoms with E-state index in [-0.39, 0.29) is 0 Å². The van der Waals surface area contributed by atoms with Gasteiger partial charge in [0.1, 0.15) is 23.8 Å². The van der Waals surface area contributed by atoms with Gasteiger partial charge in [-0.25, -0.2) is 19.2 Å². The van der Waals surface area contributed by atoms with Gasteiger partial charge in [-0.05, 0) is 37.0 Å². The lowest BCUT2D eigenvalue weighted by atomic mass is 9.99. The minimum absolute atomic E-state index is 0.381. The van der Waals surface area contributed by atoms with Crippen molar-refractivity contribution in [2.75, 3.05) is 28.6 Å². The van der Waals surface area contributed by atoms with Gasteiger partial charge in [0.05, 0.1) is 0 Å². The summed E-state index contributed by atoms with van der Waals surface area (Å²) >= 11 is 0. The van der Waals surface area contributed by atoms with Gasteiger partial charge in [-0.15, -0.1) is 0 Å². The standard InChI is InChI=1S/C17H20FN5O/c1-12-5-7-23(8-6-12)16-10-15(19-11-20-16)22-17(24)21-14-4-2-3-13(18)9-14/h2-4,9-12H,5-8H2,1H3,(H2,19,20,21,22,24). The molecule has 0 aliphatic carbocycles. The molecule has 1 aliphatic rings. The molecule has 1 aliphatic heterocycles. The van der Waals surface area contributed by atoms with Crippen LogP contribution in [-0.4, -0.2) is 29.1 Å². The Morgan fingerprint density at radius 2 is 2.00 bits per heavy atom. The van der Waals surface area contributed by atoms with Crippen LogP contribution in [0.1, 0.15) is 19.8 Å². The lowest BCUT2D eigenvalue weighted by molar-refractivity contribution is 0.262. The zero-order chi connectivity index (χ0) is 16.9. The third-order valence-corrected chi connectivity index (χ3v) is 4.08. The van der Waals surface area contributed by atoms with Gasteiger partial charge in [0.15, 0.2) is 0 Å². The number of hydrogen-bond acceptors (Lipinski definition) is 4. The second-order valence-corrected chi connectivity index (χ2v) is 6.02. The van der Waals surface area contributed by atoms with E-state index in [1.807, 2.05) is 0 Å². The molecule has 1 saturated heterocycles. The maximum Gasteiger partial charge on any atom is 0.324 e. The lowest BCUT2D eigenvalue weighted by Gasteiger charge is -2.31. The molecule has 1 fully saturated rings. The van der Waals surface area contributed by atoms with E-state index in [0.29, 0.717) is 11.5 Å². The molecule has 0 atom stereocenters. The van der Waals surface area contributed by atoms with Gasteiger partial charge >= 0.3 is 6.03 Å². The summed E-state index contributed by atoms with van der Waals surface area (Å²) in [5, 5.41) is 5.22. The zero-order valence-corrected chi connectivity index (χ0v) is 13.5. The van der Waals surface area contributed by atoms with E-state index < -0.39 is 11.8 Å². The van der Waals surface area contributed by atoms with E-state index >= 15 is 0 Å². The maximum absolute atomic E-state index is 13.1. The van der Waals surface area contributed by atoms with Crippen LogP contribution in [0, 0.1) is 11.7 Å². The highest BCUT2D eigenvalue weighted by Crippen LogP contribution is 2.22. The Morgan fingerprint density at radius 1 is 1.21 bits per heavy atom. The first-order valence-corrected chi connectivity index (χ1v) is 8.01. The van der Waals surface area contributed by atoms with Crippen LogP contribution in [0.5, 0.6) is 0 Å². The van der Waals surface area contributed by atoms with E-state index in [2.05, 4.69) is 32.4 Å². The summed E-state index contributed by atoms with van der Waals surface area (Å²) < 4.78 is 13.1. The fraction of sp³-hybridized carbons (Fsp3) is 0.353. The molecule has 0 spiro atoms. The second-order valence-electron chi connectivity index (χ2n) is 6.02. The molecule has 1 aromatic carbocycles. The van der Waals surface area contributed by atoms with Crippen LogP contribution in [0.4, 0.5) is 26.5 Å². The first-order valence-electron chi connectivity index (χ1n) is 8.01. The summed E-state index contributed by atoms with van der Waals surface area (Å²) in [5.74, 6) is 1.54. The smallest absolute Gasteiger partial charge is 0.324 e. The largest absolute Gasteiger partial charge is 0.356 e. The average molecular weight is 329 g/mol. The number of carbonyl (C=O) groups excluding carboxylic acids is 1. The average Bonchev–Trinajstić information content (AvgIpc) is 2.55. The van der Waals surface area contributed by atoms with Crippen molar-refractivity contribution in [3.63, 3.8) is 0 Å².